The van der Waals surface area contributed by atoms with Crippen LogP contribution in [0.2, 0.25) is 0 Å². The van der Waals surface area contributed by atoms with Crippen molar-refractivity contribution in [1.82, 2.24) is 9.97 Å². The van der Waals surface area contributed by atoms with Gasteiger partial charge in [-0.05, 0) is 50.1 Å². The Morgan fingerprint density at radius 2 is 2.00 bits per heavy atom. The van der Waals surface area contributed by atoms with Crippen LogP contribution in [0.3, 0.4) is 0 Å². The molecule has 0 bridgehead atoms. The second kappa shape index (κ2) is 5.33. The van der Waals surface area contributed by atoms with Crippen LogP contribution in [0.4, 0.5) is 5.82 Å². The molecule has 0 aromatic carbocycles. The molecule has 8 heteroatoms. The fourth-order valence-electron chi connectivity index (χ4n) is 1.19. The lowest BCUT2D eigenvalue weighted by molar-refractivity contribution is 0.600. The Kier molecular flexibility index (Phi) is 3.98. The normalized spacial score (nSPS) is 11.2. The van der Waals surface area contributed by atoms with Crippen LogP contribution in [0.15, 0.2) is 50.6 Å². The van der Waals surface area contributed by atoms with Crippen molar-refractivity contribution in [2.24, 2.45) is 0 Å². The zero-order chi connectivity index (χ0) is 13.2. The summed E-state index contributed by atoms with van der Waals surface area (Å²) in [5.74, 6) is 0.234. The molecule has 0 atom stereocenters. The molecular formula is C10H7Br2N3O2S. The Balaban J connectivity index is 2.37. The van der Waals surface area contributed by atoms with Crippen LogP contribution in [0.1, 0.15) is 0 Å². The number of hydrogen-bond donors (Lipinski definition) is 1. The zero-order valence-electron chi connectivity index (χ0n) is 8.84. The van der Waals surface area contributed by atoms with Gasteiger partial charge in [0.1, 0.15) is 4.90 Å². The molecule has 0 aliphatic rings. The van der Waals surface area contributed by atoms with Gasteiger partial charge in [0.15, 0.2) is 5.82 Å². The Morgan fingerprint density at radius 1 is 1.22 bits per heavy atom. The fourth-order valence-corrected chi connectivity index (χ4v) is 3.20. The fraction of sp³-hybridized carbons (Fsp3) is 0. The van der Waals surface area contributed by atoms with Crippen LogP contribution >= 0.6 is 31.9 Å². The minimum Gasteiger partial charge on any atom is -0.262 e. The topological polar surface area (TPSA) is 72.0 Å². The van der Waals surface area contributed by atoms with Crippen LogP contribution < -0.4 is 4.72 Å². The van der Waals surface area contributed by atoms with E-state index in [4.69, 9.17) is 0 Å². The van der Waals surface area contributed by atoms with Gasteiger partial charge in [-0.15, -0.1) is 0 Å². The lowest BCUT2D eigenvalue weighted by Gasteiger charge is -2.08. The van der Waals surface area contributed by atoms with Crippen molar-refractivity contribution < 1.29 is 8.42 Å². The number of pyridine rings is 2. The molecule has 0 radical (unpaired) electrons. The number of hydrogen-bond acceptors (Lipinski definition) is 4. The molecule has 0 saturated heterocycles. The van der Waals surface area contributed by atoms with E-state index in [0.717, 1.165) is 0 Å². The van der Waals surface area contributed by atoms with E-state index in [0.29, 0.717) is 8.95 Å². The molecule has 0 amide bonds. The highest BCUT2D eigenvalue weighted by Gasteiger charge is 2.16. The highest BCUT2D eigenvalue weighted by Crippen LogP contribution is 2.22. The molecule has 5 nitrogen and oxygen atoms in total. The van der Waals surface area contributed by atoms with Gasteiger partial charge in [0.05, 0.1) is 4.47 Å². The first kappa shape index (κ1) is 13.4. The zero-order valence-corrected chi connectivity index (χ0v) is 12.8. The van der Waals surface area contributed by atoms with E-state index in [2.05, 4.69) is 46.5 Å². The maximum Gasteiger partial charge on any atom is 0.264 e. The summed E-state index contributed by atoms with van der Waals surface area (Å²) in [4.78, 5) is 7.82. The van der Waals surface area contributed by atoms with Crippen molar-refractivity contribution in [3.05, 3.63) is 45.7 Å². The van der Waals surface area contributed by atoms with E-state index in [9.17, 15) is 8.42 Å². The van der Waals surface area contributed by atoms with Crippen molar-refractivity contribution in [1.29, 1.82) is 0 Å². The first-order valence-corrected chi connectivity index (χ1v) is 7.80. The van der Waals surface area contributed by atoms with Gasteiger partial charge >= 0.3 is 0 Å². The predicted molar refractivity (Wildman–Crippen MR) is 74.7 cm³/mol. The van der Waals surface area contributed by atoms with Gasteiger partial charge < -0.3 is 0 Å². The molecule has 2 aromatic heterocycles. The molecule has 2 heterocycles. The first-order valence-electron chi connectivity index (χ1n) is 4.73. The van der Waals surface area contributed by atoms with Crippen LogP contribution in [0.25, 0.3) is 0 Å². The largest absolute Gasteiger partial charge is 0.264 e. The van der Waals surface area contributed by atoms with Crippen molar-refractivity contribution in [3.8, 4) is 0 Å². The Bertz CT molecular complexity index is 676. The number of halogens is 2. The van der Waals surface area contributed by atoms with Crippen LogP contribution in [-0.2, 0) is 10.0 Å². The van der Waals surface area contributed by atoms with Gasteiger partial charge in [-0.3, -0.25) is 9.71 Å². The molecule has 0 fully saturated rings. The average molecular weight is 393 g/mol. The lowest BCUT2D eigenvalue weighted by Crippen LogP contribution is -2.14. The van der Waals surface area contributed by atoms with Crippen LogP contribution in [0, 0.1) is 0 Å². The summed E-state index contributed by atoms with van der Waals surface area (Å²) >= 11 is 6.40. The molecular weight excluding hydrogens is 386 g/mol. The number of anilines is 1. The van der Waals surface area contributed by atoms with Gasteiger partial charge in [0, 0.05) is 23.1 Å². The SMILES string of the molecule is O=S(=O)(Nc1ncccc1Br)c1cncc(Br)c1. The summed E-state index contributed by atoms with van der Waals surface area (Å²) in [6, 6.07) is 4.86. The minimum absolute atomic E-state index is 0.0643. The van der Waals surface area contributed by atoms with E-state index in [-0.39, 0.29) is 10.7 Å². The summed E-state index contributed by atoms with van der Waals surface area (Å²) in [7, 11) is -3.69. The molecule has 0 aliphatic carbocycles. The number of nitrogens with zero attached hydrogens (tertiary/aromatic N) is 2. The summed E-state index contributed by atoms with van der Waals surface area (Å²) < 4.78 is 27.7. The predicted octanol–water partition coefficient (Wildman–Crippen LogP) is 2.80. The minimum atomic E-state index is -3.69. The number of rotatable bonds is 3. The molecule has 18 heavy (non-hydrogen) atoms. The van der Waals surface area contributed by atoms with Crippen LogP contribution in [0.5, 0.6) is 0 Å². The average Bonchev–Trinajstić information content (AvgIpc) is 2.32. The van der Waals surface area contributed by atoms with Crippen molar-refractivity contribution in [3.63, 3.8) is 0 Å². The maximum absolute atomic E-state index is 12.1. The first-order chi connectivity index (χ1) is 8.49. The molecule has 2 rings (SSSR count). The second-order valence-electron chi connectivity index (χ2n) is 3.28. The Hall–Kier alpha value is -0.990. The van der Waals surface area contributed by atoms with E-state index >= 15 is 0 Å². The third-order valence-electron chi connectivity index (χ3n) is 1.98. The molecule has 1 N–H and O–H groups in total. The van der Waals surface area contributed by atoms with Crippen molar-refractivity contribution in [2.75, 3.05) is 4.72 Å². The smallest absolute Gasteiger partial charge is 0.262 e. The molecule has 0 unspecified atom stereocenters. The van der Waals surface area contributed by atoms with E-state index in [1.54, 1.807) is 12.1 Å². The lowest BCUT2D eigenvalue weighted by atomic mass is 10.5. The van der Waals surface area contributed by atoms with Crippen molar-refractivity contribution >= 4 is 47.7 Å². The van der Waals surface area contributed by atoms with Crippen molar-refractivity contribution in [2.45, 2.75) is 4.90 Å². The Morgan fingerprint density at radius 3 is 2.67 bits per heavy atom. The monoisotopic (exact) mass is 391 g/mol. The van der Waals surface area contributed by atoms with Gasteiger partial charge in [-0.1, -0.05) is 0 Å². The molecule has 2 aromatic rings. The van der Waals surface area contributed by atoms with E-state index < -0.39 is 10.0 Å². The standard InChI is InChI=1S/C10H7Br2N3O2S/c11-7-4-8(6-13-5-7)18(16,17)15-10-9(12)2-1-3-14-10/h1-6H,(H,14,15). The van der Waals surface area contributed by atoms with E-state index in [1.165, 1.54) is 24.7 Å². The summed E-state index contributed by atoms with van der Waals surface area (Å²) in [5, 5.41) is 0. The number of nitrogens with one attached hydrogen (secondary N) is 1. The summed E-state index contributed by atoms with van der Waals surface area (Å²) in [6.45, 7) is 0. The van der Waals surface area contributed by atoms with Gasteiger partial charge in [0.25, 0.3) is 10.0 Å². The summed E-state index contributed by atoms with van der Waals surface area (Å²) in [5.41, 5.74) is 0. The van der Waals surface area contributed by atoms with Gasteiger partial charge in [0.2, 0.25) is 0 Å². The second-order valence-corrected chi connectivity index (χ2v) is 6.73. The number of aromatic nitrogens is 2. The Labute approximate surface area is 121 Å². The third kappa shape index (κ3) is 3.06. The highest BCUT2D eigenvalue weighted by atomic mass is 79.9. The quantitative estimate of drug-likeness (QED) is 0.871. The molecule has 94 valence electrons. The molecule has 0 saturated carbocycles. The van der Waals surface area contributed by atoms with Gasteiger partial charge in [-0.2, -0.15) is 0 Å². The molecule has 0 aliphatic heterocycles. The van der Waals surface area contributed by atoms with E-state index in [1.807, 2.05) is 0 Å². The van der Waals surface area contributed by atoms with Gasteiger partial charge in [-0.25, -0.2) is 13.4 Å². The molecule has 0 spiro atoms. The highest BCUT2D eigenvalue weighted by molar-refractivity contribution is 9.10. The summed E-state index contributed by atoms with van der Waals surface area (Å²) in [6.07, 6.45) is 4.28. The van der Waals surface area contributed by atoms with Crippen LogP contribution in [-0.4, -0.2) is 18.4 Å². The number of sulfonamides is 1. The maximum atomic E-state index is 12.1. The third-order valence-corrected chi connectivity index (χ3v) is 4.36.